The molecule has 0 saturated heterocycles. The van der Waals surface area contributed by atoms with Crippen molar-refractivity contribution in [2.24, 2.45) is 5.14 Å². The minimum absolute atomic E-state index is 0.0634. The SMILES string of the molecule is NS(=O)(=O)c1ccc(CCN2C(=O)/C(=C\c3ccc(Cl)cc3)C=C2c2ccc3ccccc3c2)cc1. The lowest BCUT2D eigenvalue weighted by atomic mass is 10.0. The maximum atomic E-state index is 13.5. The lowest BCUT2D eigenvalue weighted by Gasteiger charge is -2.21. The molecule has 0 aliphatic carbocycles. The van der Waals surface area contributed by atoms with Crippen LogP contribution in [0.4, 0.5) is 0 Å². The first kappa shape index (κ1) is 24.0. The number of hydrogen-bond acceptors (Lipinski definition) is 3. The number of nitrogens with two attached hydrogens (primary N) is 1. The van der Waals surface area contributed by atoms with E-state index < -0.39 is 10.0 Å². The number of nitrogens with zero attached hydrogens (tertiary/aromatic N) is 1. The zero-order chi connectivity index (χ0) is 25.3. The van der Waals surface area contributed by atoms with Crippen molar-refractivity contribution >= 4 is 50.1 Å². The van der Waals surface area contributed by atoms with Crippen molar-refractivity contribution < 1.29 is 13.2 Å². The van der Waals surface area contributed by atoms with Gasteiger partial charge in [-0.25, -0.2) is 13.6 Å². The standard InChI is InChI=1S/C29H23ClN2O3S/c30-26-11-5-21(6-12-26)17-25-19-28(24-10-9-22-3-1-2-4-23(22)18-24)32(29(25)33)16-15-20-7-13-27(14-8-20)36(31,34)35/h1-14,17-19H,15-16H2,(H2,31,34,35)/b25-17-. The molecule has 1 heterocycles. The molecule has 2 N–H and O–H groups in total. The fourth-order valence-corrected chi connectivity index (χ4v) is 4.93. The molecule has 0 unspecified atom stereocenters. The largest absolute Gasteiger partial charge is 0.307 e. The van der Waals surface area contributed by atoms with Gasteiger partial charge in [-0.1, -0.05) is 72.3 Å². The summed E-state index contributed by atoms with van der Waals surface area (Å²) in [6.45, 7) is 0.435. The second kappa shape index (κ2) is 9.74. The maximum Gasteiger partial charge on any atom is 0.258 e. The summed E-state index contributed by atoms with van der Waals surface area (Å²) in [6, 6.07) is 28.1. The smallest absolute Gasteiger partial charge is 0.258 e. The summed E-state index contributed by atoms with van der Waals surface area (Å²) in [6.07, 6.45) is 4.33. The van der Waals surface area contributed by atoms with Gasteiger partial charge in [0.15, 0.2) is 0 Å². The summed E-state index contributed by atoms with van der Waals surface area (Å²) >= 11 is 6.02. The molecule has 4 aromatic rings. The van der Waals surface area contributed by atoms with Gasteiger partial charge in [0, 0.05) is 17.1 Å². The van der Waals surface area contributed by atoms with Gasteiger partial charge in [0.1, 0.15) is 0 Å². The molecule has 0 bridgehead atoms. The Hall–Kier alpha value is -3.71. The number of amides is 1. The van der Waals surface area contributed by atoms with Gasteiger partial charge in [-0.15, -0.1) is 0 Å². The van der Waals surface area contributed by atoms with Crippen LogP contribution in [0.15, 0.2) is 108 Å². The van der Waals surface area contributed by atoms with Crippen molar-refractivity contribution in [2.75, 3.05) is 6.54 Å². The Balaban J connectivity index is 1.48. The van der Waals surface area contributed by atoms with E-state index in [0.29, 0.717) is 23.6 Å². The van der Waals surface area contributed by atoms with Gasteiger partial charge in [0.25, 0.3) is 5.91 Å². The summed E-state index contributed by atoms with van der Waals surface area (Å²) in [7, 11) is -3.75. The predicted molar refractivity (Wildman–Crippen MR) is 145 cm³/mol. The van der Waals surface area contributed by atoms with Crippen LogP contribution in [0.5, 0.6) is 0 Å². The van der Waals surface area contributed by atoms with E-state index in [1.165, 1.54) is 12.1 Å². The Kier molecular flexibility index (Phi) is 6.49. The third-order valence-electron chi connectivity index (χ3n) is 6.19. The molecule has 1 amide bonds. The predicted octanol–water partition coefficient (Wildman–Crippen LogP) is 5.65. The van der Waals surface area contributed by atoms with Crippen LogP contribution >= 0.6 is 11.6 Å². The van der Waals surface area contributed by atoms with Gasteiger partial charge in [-0.2, -0.15) is 0 Å². The second-order valence-corrected chi connectivity index (χ2v) is 10.6. The van der Waals surface area contributed by atoms with Crippen molar-refractivity contribution in [1.82, 2.24) is 4.90 Å². The molecule has 0 radical (unpaired) electrons. The second-order valence-electron chi connectivity index (χ2n) is 8.64. The molecule has 5 rings (SSSR count). The molecular weight excluding hydrogens is 492 g/mol. The van der Waals surface area contributed by atoms with Crippen molar-refractivity contribution in [1.29, 1.82) is 0 Å². The van der Waals surface area contributed by atoms with Gasteiger partial charge in [0.2, 0.25) is 10.0 Å². The number of rotatable bonds is 6. The number of carbonyl (C=O) groups excluding carboxylic acids is 1. The first-order valence-corrected chi connectivity index (χ1v) is 13.3. The molecule has 1 aliphatic heterocycles. The molecule has 0 saturated carbocycles. The minimum atomic E-state index is -3.75. The normalized spacial score (nSPS) is 15.1. The van der Waals surface area contributed by atoms with E-state index in [4.69, 9.17) is 16.7 Å². The highest BCUT2D eigenvalue weighted by atomic mass is 35.5. The summed E-state index contributed by atoms with van der Waals surface area (Å²) in [5.74, 6) is -0.0886. The molecule has 5 nitrogen and oxygen atoms in total. The highest BCUT2D eigenvalue weighted by Gasteiger charge is 2.29. The average molecular weight is 515 g/mol. The molecule has 36 heavy (non-hydrogen) atoms. The summed E-state index contributed by atoms with van der Waals surface area (Å²) in [4.78, 5) is 15.4. The molecule has 0 spiro atoms. The first-order chi connectivity index (χ1) is 17.3. The van der Waals surface area contributed by atoms with Crippen LogP contribution in [0.25, 0.3) is 22.5 Å². The van der Waals surface area contributed by atoms with Gasteiger partial charge in [-0.3, -0.25) is 4.79 Å². The third kappa shape index (κ3) is 5.11. The fourth-order valence-electron chi connectivity index (χ4n) is 4.29. The van der Waals surface area contributed by atoms with Crippen molar-refractivity contribution in [3.63, 3.8) is 0 Å². The number of carbonyl (C=O) groups is 1. The zero-order valence-electron chi connectivity index (χ0n) is 19.3. The fraction of sp³-hybridized carbons (Fsp3) is 0.0690. The van der Waals surface area contributed by atoms with Gasteiger partial charge >= 0.3 is 0 Å². The number of halogens is 1. The van der Waals surface area contributed by atoms with Crippen molar-refractivity contribution in [3.05, 3.63) is 124 Å². The van der Waals surface area contributed by atoms with Crippen LogP contribution in [0.3, 0.4) is 0 Å². The van der Waals surface area contributed by atoms with Crippen LogP contribution in [0, 0.1) is 0 Å². The lowest BCUT2D eigenvalue weighted by Crippen LogP contribution is -2.27. The summed E-state index contributed by atoms with van der Waals surface area (Å²) in [5, 5.41) is 8.07. The molecule has 4 aromatic carbocycles. The van der Waals surface area contributed by atoms with E-state index in [9.17, 15) is 13.2 Å². The van der Waals surface area contributed by atoms with E-state index in [1.54, 1.807) is 29.2 Å². The Bertz CT molecular complexity index is 1620. The Morgan fingerprint density at radius 2 is 1.56 bits per heavy atom. The average Bonchev–Trinajstić information content (AvgIpc) is 3.18. The van der Waals surface area contributed by atoms with Crippen LogP contribution in [-0.2, 0) is 21.2 Å². The number of fused-ring (bicyclic) bond motifs is 1. The topological polar surface area (TPSA) is 80.5 Å². The minimum Gasteiger partial charge on any atom is -0.307 e. The van der Waals surface area contributed by atoms with Crippen LogP contribution in [-0.4, -0.2) is 25.8 Å². The zero-order valence-corrected chi connectivity index (χ0v) is 20.8. The highest BCUT2D eigenvalue weighted by molar-refractivity contribution is 7.89. The van der Waals surface area contributed by atoms with Gasteiger partial charge in [-0.05, 0) is 76.4 Å². The van der Waals surface area contributed by atoms with E-state index in [1.807, 2.05) is 42.5 Å². The number of benzene rings is 4. The molecule has 7 heteroatoms. The summed E-state index contributed by atoms with van der Waals surface area (Å²) in [5.41, 5.74) is 4.16. The van der Waals surface area contributed by atoms with Crippen LogP contribution in [0.2, 0.25) is 5.02 Å². The highest BCUT2D eigenvalue weighted by Crippen LogP contribution is 2.32. The number of primary sulfonamides is 1. The van der Waals surface area contributed by atoms with Gasteiger partial charge < -0.3 is 4.90 Å². The van der Waals surface area contributed by atoms with Gasteiger partial charge in [0.05, 0.1) is 10.6 Å². The number of sulfonamides is 1. The van der Waals surface area contributed by atoms with E-state index in [-0.39, 0.29) is 10.8 Å². The lowest BCUT2D eigenvalue weighted by molar-refractivity contribution is -0.122. The monoisotopic (exact) mass is 514 g/mol. The van der Waals surface area contributed by atoms with E-state index in [2.05, 4.69) is 24.3 Å². The Labute approximate surface area is 215 Å². The van der Waals surface area contributed by atoms with E-state index >= 15 is 0 Å². The quantitative estimate of drug-likeness (QED) is 0.338. The van der Waals surface area contributed by atoms with Crippen molar-refractivity contribution in [3.8, 4) is 0 Å². The first-order valence-electron chi connectivity index (χ1n) is 11.4. The Morgan fingerprint density at radius 3 is 2.25 bits per heavy atom. The molecule has 0 fully saturated rings. The summed E-state index contributed by atoms with van der Waals surface area (Å²) < 4.78 is 23.1. The number of hydrogen-bond donors (Lipinski definition) is 1. The molecule has 1 aliphatic rings. The molecule has 0 aromatic heterocycles. The molecule has 0 atom stereocenters. The van der Waals surface area contributed by atoms with E-state index in [0.717, 1.165) is 33.2 Å². The maximum absolute atomic E-state index is 13.5. The van der Waals surface area contributed by atoms with Crippen molar-refractivity contribution in [2.45, 2.75) is 11.3 Å². The van der Waals surface area contributed by atoms with Crippen LogP contribution in [0.1, 0.15) is 16.7 Å². The third-order valence-corrected chi connectivity index (χ3v) is 7.37. The molecular formula is C29H23ClN2O3S. The Morgan fingerprint density at radius 1 is 0.861 bits per heavy atom. The molecule has 180 valence electrons. The van der Waals surface area contributed by atoms with Crippen LogP contribution < -0.4 is 5.14 Å².